The summed E-state index contributed by atoms with van der Waals surface area (Å²) in [5, 5.41) is 2.96. The van der Waals surface area contributed by atoms with Gasteiger partial charge in [0.2, 0.25) is 11.8 Å². The second-order valence-electron chi connectivity index (χ2n) is 10.8. The van der Waals surface area contributed by atoms with Gasteiger partial charge < -0.3 is 15.0 Å². The molecule has 0 radical (unpaired) electrons. The number of amides is 2. The van der Waals surface area contributed by atoms with Crippen LogP contribution in [0.1, 0.15) is 37.0 Å². The van der Waals surface area contributed by atoms with Crippen molar-refractivity contribution in [2.24, 2.45) is 0 Å². The molecule has 0 fully saturated rings. The van der Waals surface area contributed by atoms with Crippen molar-refractivity contribution in [1.82, 2.24) is 10.2 Å². The minimum Gasteiger partial charge on any atom is -0.494 e. The van der Waals surface area contributed by atoms with Crippen LogP contribution < -0.4 is 14.4 Å². The quantitative estimate of drug-likeness (QED) is 0.181. The van der Waals surface area contributed by atoms with Gasteiger partial charge in [-0.1, -0.05) is 85.3 Å². The molecule has 0 heterocycles. The van der Waals surface area contributed by atoms with Crippen molar-refractivity contribution in [2.75, 3.05) is 24.0 Å². The van der Waals surface area contributed by atoms with Crippen molar-refractivity contribution in [2.45, 2.75) is 51.1 Å². The smallest absolute Gasteiger partial charge is 0.264 e. The molecule has 0 aliphatic rings. The Morgan fingerprint density at radius 1 is 0.800 bits per heavy atom. The number of hydrogen-bond donors (Lipinski definition) is 1. The van der Waals surface area contributed by atoms with Gasteiger partial charge in [-0.3, -0.25) is 13.9 Å². The summed E-state index contributed by atoms with van der Waals surface area (Å²) in [7, 11) is -4.16. The van der Waals surface area contributed by atoms with E-state index >= 15 is 0 Å². The van der Waals surface area contributed by atoms with E-state index in [2.05, 4.69) is 5.32 Å². The fourth-order valence-corrected chi connectivity index (χ4v) is 6.37. The molecular formula is C36H41N3O5S. The van der Waals surface area contributed by atoms with Crippen LogP contribution in [-0.2, 0) is 32.6 Å². The summed E-state index contributed by atoms with van der Waals surface area (Å²) < 4.78 is 34.8. The number of benzene rings is 4. The normalized spacial score (nSPS) is 11.8. The van der Waals surface area contributed by atoms with Crippen molar-refractivity contribution in [3.63, 3.8) is 0 Å². The first-order chi connectivity index (χ1) is 21.7. The zero-order valence-electron chi connectivity index (χ0n) is 26.1. The highest BCUT2D eigenvalue weighted by Gasteiger charge is 2.34. The van der Waals surface area contributed by atoms with Crippen molar-refractivity contribution >= 4 is 27.5 Å². The van der Waals surface area contributed by atoms with Gasteiger partial charge in [0, 0.05) is 19.5 Å². The van der Waals surface area contributed by atoms with Crippen LogP contribution >= 0.6 is 0 Å². The molecule has 0 saturated heterocycles. The van der Waals surface area contributed by atoms with Crippen LogP contribution in [0.2, 0.25) is 0 Å². The van der Waals surface area contributed by atoms with Crippen LogP contribution in [0, 0.1) is 6.92 Å². The van der Waals surface area contributed by atoms with Crippen LogP contribution in [0.5, 0.6) is 5.75 Å². The van der Waals surface area contributed by atoms with Gasteiger partial charge in [0.05, 0.1) is 17.2 Å². The summed E-state index contributed by atoms with van der Waals surface area (Å²) in [4.78, 5) is 29.7. The molecular weight excluding hydrogens is 586 g/mol. The minimum atomic E-state index is -4.16. The number of nitrogens with zero attached hydrogens (tertiary/aromatic N) is 2. The summed E-state index contributed by atoms with van der Waals surface area (Å²) in [6.45, 7) is 6.33. The predicted molar refractivity (Wildman–Crippen MR) is 178 cm³/mol. The molecule has 236 valence electrons. The maximum absolute atomic E-state index is 14.5. The number of ether oxygens (including phenoxy) is 1. The zero-order chi connectivity index (χ0) is 32.2. The number of rotatable bonds is 15. The van der Waals surface area contributed by atoms with Gasteiger partial charge >= 0.3 is 0 Å². The molecule has 4 rings (SSSR count). The maximum atomic E-state index is 14.5. The Bertz CT molecular complexity index is 1630. The molecule has 2 amide bonds. The van der Waals surface area contributed by atoms with Gasteiger partial charge in [-0.2, -0.15) is 0 Å². The lowest BCUT2D eigenvalue weighted by molar-refractivity contribution is -0.140. The fourth-order valence-electron chi connectivity index (χ4n) is 4.93. The Morgan fingerprint density at radius 2 is 1.42 bits per heavy atom. The van der Waals surface area contributed by atoms with E-state index in [9.17, 15) is 18.0 Å². The van der Waals surface area contributed by atoms with Gasteiger partial charge in [-0.05, 0) is 67.8 Å². The molecule has 4 aromatic carbocycles. The topological polar surface area (TPSA) is 96.0 Å². The SMILES string of the molecule is CCCNC(=O)[C@@H](Cc1ccccc1)N(Cc1ccc(C)cc1)C(=O)CN(c1ccc(OCC)cc1)S(=O)(=O)c1ccccc1. The number of aryl methyl sites for hydroxylation is 1. The van der Waals surface area contributed by atoms with E-state index in [1.807, 2.05) is 75.4 Å². The number of sulfonamides is 1. The molecule has 0 aliphatic heterocycles. The Balaban J connectivity index is 1.78. The summed E-state index contributed by atoms with van der Waals surface area (Å²) in [6.07, 6.45) is 0.999. The average Bonchev–Trinajstić information content (AvgIpc) is 3.06. The molecule has 1 N–H and O–H groups in total. The van der Waals surface area contributed by atoms with Crippen molar-refractivity contribution in [3.05, 3.63) is 126 Å². The van der Waals surface area contributed by atoms with Gasteiger partial charge in [-0.25, -0.2) is 8.42 Å². The van der Waals surface area contributed by atoms with Gasteiger partial charge in [0.1, 0.15) is 18.3 Å². The summed E-state index contributed by atoms with van der Waals surface area (Å²) in [5.74, 6) is -0.211. The van der Waals surface area contributed by atoms with E-state index in [0.29, 0.717) is 24.6 Å². The average molecular weight is 628 g/mol. The van der Waals surface area contributed by atoms with Crippen LogP contribution in [0.4, 0.5) is 5.69 Å². The van der Waals surface area contributed by atoms with Crippen molar-refractivity contribution in [3.8, 4) is 5.75 Å². The van der Waals surface area contributed by atoms with Crippen LogP contribution in [-0.4, -0.2) is 50.9 Å². The van der Waals surface area contributed by atoms with E-state index in [-0.39, 0.29) is 23.8 Å². The maximum Gasteiger partial charge on any atom is 0.264 e. The van der Waals surface area contributed by atoms with Crippen LogP contribution in [0.3, 0.4) is 0 Å². The molecule has 0 spiro atoms. The number of carbonyl (C=O) groups is 2. The second-order valence-corrected chi connectivity index (χ2v) is 12.6. The highest BCUT2D eigenvalue weighted by atomic mass is 32.2. The van der Waals surface area contributed by atoms with Gasteiger partial charge in [0.15, 0.2) is 0 Å². The molecule has 0 bridgehead atoms. The molecule has 1 atom stereocenters. The van der Waals surface area contributed by atoms with E-state index < -0.39 is 28.5 Å². The molecule has 4 aromatic rings. The largest absolute Gasteiger partial charge is 0.494 e. The fraction of sp³-hybridized carbons (Fsp3) is 0.278. The third-order valence-electron chi connectivity index (χ3n) is 7.34. The Labute approximate surface area is 266 Å². The summed E-state index contributed by atoms with van der Waals surface area (Å²) in [5.41, 5.74) is 3.08. The molecule has 0 unspecified atom stereocenters. The first-order valence-corrected chi connectivity index (χ1v) is 16.6. The van der Waals surface area contributed by atoms with Crippen LogP contribution in [0.25, 0.3) is 0 Å². The number of anilines is 1. The zero-order valence-corrected chi connectivity index (χ0v) is 26.9. The summed E-state index contributed by atoms with van der Waals surface area (Å²) in [6, 6.07) is 31.0. The molecule has 0 aromatic heterocycles. The highest BCUT2D eigenvalue weighted by molar-refractivity contribution is 7.92. The van der Waals surface area contributed by atoms with E-state index in [4.69, 9.17) is 4.74 Å². The molecule has 8 nitrogen and oxygen atoms in total. The highest BCUT2D eigenvalue weighted by Crippen LogP contribution is 2.27. The Morgan fingerprint density at radius 3 is 2.02 bits per heavy atom. The van der Waals surface area contributed by atoms with E-state index in [1.165, 1.54) is 17.0 Å². The van der Waals surface area contributed by atoms with Gasteiger partial charge in [-0.15, -0.1) is 0 Å². The lowest BCUT2D eigenvalue weighted by Gasteiger charge is -2.34. The minimum absolute atomic E-state index is 0.0540. The third-order valence-corrected chi connectivity index (χ3v) is 9.13. The second kappa shape index (κ2) is 15.9. The van der Waals surface area contributed by atoms with Crippen LogP contribution in [0.15, 0.2) is 114 Å². The Hall–Kier alpha value is -4.63. The Kier molecular flexibility index (Phi) is 11.8. The monoisotopic (exact) mass is 627 g/mol. The molecule has 45 heavy (non-hydrogen) atoms. The standard InChI is InChI=1S/C36H41N3O5S/c1-4-24-37-36(41)34(25-29-12-8-6-9-13-29)38(26-30-18-16-28(3)17-19-30)35(40)27-39(31-20-22-32(23-21-31)44-5-2)45(42,43)33-14-10-7-11-15-33/h6-23,34H,4-5,24-27H2,1-3H3,(H,37,41)/t34-/m1/s1. The summed E-state index contributed by atoms with van der Waals surface area (Å²) >= 11 is 0. The number of carbonyl (C=O) groups excluding carboxylic acids is 2. The lowest BCUT2D eigenvalue weighted by Crippen LogP contribution is -2.53. The number of hydrogen-bond acceptors (Lipinski definition) is 5. The molecule has 0 aliphatic carbocycles. The molecule has 9 heteroatoms. The van der Waals surface area contributed by atoms with E-state index in [1.54, 1.807) is 42.5 Å². The lowest BCUT2D eigenvalue weighted by atomic mass is 10.0. The van der Waals surface area contributed by atoms with Crippen molar-refractivity contribution < 1.29 is 22.7 Å². The third kappa shape index (κ3) is 8.95. The van der Waals surface area contributed by atoms with Gasteiger partial charge in [0.25, 0.3) is 10.0 Å². The number of nitrogens with one attached hydrogen (secondary N) is 1. The predicted octanol–water partition coefficient (Wildman–Crippen LogP) is 5.76. The van der Waals surface area contributed by atoms with E-state index in [0.717, 1.165) is 27.4 Å². The first kappa shape index (κ1) is 33.3. The van der Waals surface area contributed by atoms with Crippen molar-refractivity contribution in [1.29, 1.82) is 0 Å². The first-order valence-electron chi connectivity index (χ1n) is 15.2. The molecule has 0 saturated carbocycles.